The molecule has 1 aliphatic rings. The van der Waals surface area contributed by atoms with Crippen molar-refractivity contribution in [1.29, 1.82) is 0 Å². The molecule has 1 heterocycles. The molecular formula is C11H17NO4. The molecule has 5 nitrogen and oxygen atoms in total. The number of methoxy groups -OCH3 is 1. The molecule has 0 bridgehead atoms. The van der Waals surface area contributed by atoms with Gasteiger partial charge in [0.1, 0.15) is 12.1 Å². The van der Waals surface area contributed by atoms with Gasteiger partial charge in [0, 0.05) is 19.4 Å². The highest BCUT2D eigenvalue weighted by Gasteiger charge is 2.39. The summed E-state index contributed by atoms with van der Waals surface area (Å²) in [5, 5.41) is 3.08. The van der Waals surface area contributed by atoms with Gasteiger partial charge in [-0.25, -0.2) is 0 Å². The first-order valence-corrected chi connectivity index (χ1v) is 5.20. The van der Waals surface area contributed by atoms with Crippen LogP contribution >= 0.6 is 0 Å². The smallest absolute Gasteiger partial charge is 0.323 e. The van der Waals surface area contributed by atoms with Gasteiger partial charge in [-0.05, 0) is 6.42 Å². The van der Waals surface area contributed by atoms with Crippen molar-refractivity contribution in [2.24, 2.45) is 0 Å². The second kappa shape index (κ2) is 5.65. The molecule has 1 saturated heterocycles. The Morgan fingerprint density at radius 1 is 1.56 bits per heavy atom. The lowest BCUT2D eigenvalue weighted by atomic mass is 10.1. The third-order valence-electron chi connectivity index (χ3n) is 2.56. The Bertz CT molecular complexity index is 290. The zero-order chi connectivity index (χ0) is 12.1. The molecule has 1 aliphatic heterocycles. The van der Waals surface area contributed by atoms with Crippen LogP contribution < -0.4 is 5.32 Å². The van der Waals surface area contributed by atoms with Gasteiger partial charge in [0.15, 0.2) is 0 Å². The number of ether oxygens (including phenoxy) is 2. The van der Waals surface area contributed by atoms with Crippen molar-refractivity contribution in [2.75, 3.05) is 7.11 Å². The molecule has 0 aromatic heterocycles. The summed E-state index contributed by atoms with van der Waals surface area (Å²) in [7, 11) is 1.34. The van der Waals surface area contributed by atoms with Gasteiger partial charge in [-0.1, -0.05) is 6.08 Å². The minimum Gasteiger partial charge on any atom is -0.468 e. The van der Waals surface area contributed by atoms with Crippen molar-refractivity contribution in [2.45, 2.75) is 38.0 Å². The van der Waals surface area contributed by atoms with Crippen LogP contribution in [0.4, 0.5) is 0 Å². The molecule has 0 aromatic rings. The van der Waals surface area contributed by atoms with E-state index in [1.807, 2.05) is 0 Å². The lowest BCUT2D eigenvalue weighted by Crippen LogP contribution is -2.38. The summed E-state index contributed by atoms with van der Waals surface area (Å²) in [6.07, 6.45) is 2.53. The molecule has 90 valence electrons. The van der Waals surface area contributed by atoms with E-state index in [-0.39, 0.29) is 24.1 Å². The van der Waals surface area contributed by atoms with Crippen LogP contribution in [0.1, 0.15) is 19.8 Å². The number of hydrogen-bond donors (Lipinski definition) is 1. The first kappa shape index (κ1) is 12.7. The highest BCUT2D eigenvalue weighted by Crippen LogP contribution is 2.20. The molecule has 3 atom stereocenters. The van der Waals surface area contributed by atoms with Gasteiger partial charge in [-0.2, -0.15) is 0 Å². The monoisotopic (exact) mass is 227 g/mol. The van der Waals surface area contributed by atoms with Crippen LogP contribution in [-0.4, -0.2) is 37.2 Å². The first-order chi connectivity index (χ1) is 7.58. The van der Waals surface area contributed by atoms with Crippen molar-refractivity contribution >= 4 is 11.9 Å². The van der Waals surface area contributed by atoms with Crippen molar-refractivity contribution in [3.8, 4) is 0 Å². The van der Waals surface area contributed by atoms with Crippen molar-refractivity contribution in [3.63, 3.8) is 0 Å². The van der Waals surface area contributed by atoms with E-state index in [1.54, 1.807) is 6.08 Å². The number of esters is 2. The second-order valence-corrected chi connectivity index (χ2v) is 3.76. The molecule has 1 rings (SSSR count). The minimum atomic E-state index is -0.403. The van der Waals surface area contributed by atoms with E-state index in [4.69, 9.17) is 4.74 Å². The lowest BCUT2D eigenvalue weighted by Gasteiger charge is -2.17. The first-order valence-electron chi connectivity index (χ1n) is 5.20. The maximum Gasteiger partial charge on any atom is 0.323 e. The van der Waals surface area contributed by atoms with E-state index in [2.05, 4.69) is 16.6 Å². The van der Waals surface area contributed by atoms with Gasteiger partial charge in [-0.15, -0.1) is 6.58 Å². The van der Waals surface area contributed by atoms with Crippen LogP contribution in [0.25, 0.3) is 0 Å². The van der Waals surface area contributed by atoms with E-state index in [1.165, 1.54) is 14.0 Å². The number of rotatable bonds is 4. The Hall–Kier alpha value is -1.36. The van der Waals surface area contributed by atoms with Crippen molar-refractivity contribution in [1.82, 2.24) is 5.32 Å². The van der Waals surface area contributed by atoms with Gasteiger partial charge in [0.05, 0.1) is 7.11 Å². The average Bonchev–Trinajstić information content (AvgIpc) is 2.60. The van der Waals surface area contributed by atoms with Crippen molar-refractivity contribution in [3.05, 3.63) is 12.7 Å². The number of carbonyl (C=O) groups excluding carboxylic acids is 2. The molecule has 0 aliphatic carbocycles. The van der Waals surface area contributed by atoms with Crippen LogP contribution in [0, 0.1) is 0 Å². The molecule has 0 aromatic carbocycles. The SMILES string of the molecule is C=CCC1N[C@H](C(=O)OC)C[C@H]1OC(C)=O. The summed E-state index contributed by atoms with van der Waals surface area (Å²) < 4.78 is 9.79. The summed E-state index contributed by atoms with van der Waals surface area (Å²) >= 11 is 0. The predicted octanol–water partition coefficient (Wildman–Crippen LogP) is 0.398. The van der Waals surface area contributed by atoms with Crippen molar-refractivity contribution < 1.29 is 19.1 Å². The van der Waals surface area contributed by atoms with Gasteiger partial charge < -0.3 is 9.47 Å². The van der Waals surface area contributed by atoms with Crippen LogP contribution in [0.5, 0.6) is 0 Å². The van der Waals surface area contributed by atoms with E-state index < -0.39 is 6.04 Å². The molecule has 5 heteroatoms. The lowest BCUT2D eigenvalue weighted by molar-refractivity contribution is -0.148. The average molecular weight is 227 g/mol. The Balaban J connectivity index is 2.63. The molecule has 0 amide bonds. The largest absolute Gasteiger partial charge is 0.468 e. The zero-order valence-corrected chi connectivity index (χ0v) is 9.56. The summed E-state index contributed by atoms with van der Waals surface area (Å²) in [6.45, 7) is 4.99. The number of nitrogens with one attached hydrogen (secondary N) is 1. The third-order valence-corrected chi connectivity index (χ3v) is 2.56. The highest BCUT2D eigenvalue weighted by molar-refractivity contribution is 5.76. The van der Waals surface area contributed by atoms with Crippen LogP contribution in [0.3, 0.4) is 0 Å². The molecule has 0 saturated carbocycles. The van der Waals surface area contributed by atoms with E-state index >= 15 is 0 Å². The molecular weight excluding hydrogens is 210 g/mol. The predicted molar refractivity (Wildman–Crippen MR) is 57.7 cm³/mol. The van der Waals surface area contributed by atoms with Gasteiger partial charge in [0.25, 0.3) is 0 Å². The topological polar surface area (TPSA) is 64.6 Å². The molecule has 0 spiro atoms. The standard InChI is InChI=1S/C11H17NO4/c1-4-5-8-10(16-7(2)13)6-9(12-8)11(14)15-3/h4,8-10,12H,1,5-6H2,2-3H3/t8?,9-,10+/m0/s1. The molecule has 16 heavy (non-hydrogen) atoms. The number of carbonyl (C=O) groups is 2. The second-order valence-electron chi connectivity index (χ2n) is 3.76. The Labute approximate surface area is 94.8 Å². The van der Waals surface area contributed by atoms with Gasteiger partial charge >= 0.3 is 11.9 Å². The molecule has 1 N–H and O–H groups in total. The van der Waals surface area contributed by atoms with Gasteiger partial charge in [-0.3, -0.25) is 14.9 Å². The van der Waals surface area contributed by atoms with Crippen LogP contribution in [0.2, 0.25) is 0 Å². The van der Waals surface area contributed by atoms with Gasteiger partial charge in [0.2, 0.25) is 0 Å². The number of hydrogen-bond acceptors (Lipinski definition) is 5. The van der Waals surface area contributed by atoms with E-state index in [9.17, 15) is 9.59 Å². The Morgan fingerprint density at radius 3 is 2.75 bits per heavy atom. The van der Waals surface area contributed by atoms with E-state index in [0.29, 0.717) is 12.8 Å². The van der Waals surface area contributed by atoms with E-state index in [0.717, 1.165) is 0 Å². The summed E-state index contributed by atoms with van der Waals surface area (Å²) in [4.78, 5) is 22.2. The zero-order valence-electron chi connectivity index (χ0n) is 9.56. The molecule has 0 radical (unpaired) electrons. The summed E-state index contributed by atoms with van der Waals surface area (Å²) in [5.41, 5.74) is 0. The maximum atomic E-state index is 11.3. The Kier molecular flexibility index (Phi) is 4.49. The minimum absolute atomic E-state index is 0.0644. The summed E-state index contributed by atoms with van der Waals surface area (Å²) in [5.74, 6) is -0.671. The normalized spacial score (nSPS) is 28.5. The highest BCUT2D eigenvalue weighted by atomic mass is 16.5. The third kappa shape index (κ3) is 3.06. The Morgan fingerprint density at radius 2 is 2.25 bits per heavy atom. The fourth-order valence-electron chi connectivity index (χ4n) is 1.88. The fraction of sp³-hybridized carbons (Fsp3) is 0.636. The summed E-state index contributed by atoms with van der Waals surface area (Å²) in [6, 6.07) is -0.468. The maximum absolute atomic E-state index is 11.3. The van der Waals surface area contributed by atoms with Crippen LogP contribution in [0.15, 0.2) is 12.7 Å². The van der Waals surface area contributed by atoms with Crippen LogP contribution in [-0.2, 0) is 19.1 Å². The fourth-order valence-corrected chi connectivity index (χ4v) is 1.88. The quantitative estimate of drug-likeness (QED) is 0.556. The molecule has 1 fully saturated rings. The molecule has 1 unspecified atom stereocenters.